The topological polar surface area (TPSA) is 70.1 Å². The Hall–Kier alpha value is -2.54. The maximum absolute atomic E-state index is 12.8. The van der Waals surface area contributed by atoms with Crippen LogP contribution in [0.5, 0.6) is 0 Å². The lowest BCUT2D eigenvalue weighted by Crippen LogP contribution is -2.11. The number of halogens is 1. The second kappa shape index (κ2) is 5.22. The van der Waals surface area contributed by atoms with Gasteiger partial charge in [-0.05, 0) is 29.1 Å². The van der Waals surface area contributed by atoms with E-state index in [-0.39, 0.29) is 5.82 Å². The van der Waals surface area contributed by atoms with E-state index in [1.807, 2.05) is 11.4 Å². The number of nitrogens with one attached hydrogen (secondary N) is 2. The summed E-state index contributed by atoms with van der Waals surface area (Å²) in [5.41, 5.74) is 3.08. The molecule has 2 aromatic heterocycles. The molecule has 0 unspecified atom stereocenters. The molecule has 3 aromatic rings. The third-order valence-electron chi connectivity index (χ3n) is 2.61. The number of nitrogens with zero attached hydrogens (tertiary/aromatic N) is 2. The molecule has 2 N–H and O–H groups in total. The number of hydrogen-bond acceptors (Lipinski definition) is 5. The van der Waals surface area contributed by atoms with Crippen LogP contribution >= 0.6 is 11.3 Å². The minimum atomic E-state index is -0.431. The Morgan fingerprint density at radius 1 is 1.30 bits per heavy atom. The van der Waals surface area contributed by atoms with Crippen molar-refractivity contribution in [2.45, 2.75) is 0 Å². The van der Waals surface area contributed by atoms with Crippen LogP contribution in [0.4, 0.5) is 10.2 Å². The van der Waals surface area contributed by atoms with Gasteiger partial charge in [-0.2, -0.15) is 10.1 Å². The highest BCUT2D eigenvalue weighted by molar-refractivity contribution is 7.16. The van der Waals surface area contributed by atoms with Gasteiger partial charge in [-0.15, -0.1) is 11.3 Å². The Balaban J connectivity index is 1.84. The smallest absolute Gasteiger partial charge is 0.290 e. The SMILES string of the molecule is O=c1nc2sccc2c(N/N=C/c2ccc(F)cc2)[nH]1. The summed E-state index contributed by atoms with van der Waals surface area (Å²) in [5, 5.41) is 6.67. The van der Waals surface area contributed by atoms with E-state index in [0.29, 0.717) is 10.6 Å². The van der Waals surface area contributed by atoms with Gasteiger partial charge in [-0.1, -0.05) is 12.1 Å². The van der Waals surface area contributed by atoms with Crippen molar-refractivity contribution >= 4 is 33.6 Å². The summed E-state index contributed by atoms with van der Waals surface area (Å²) in [4.78, 5) is 18.5. The van der Waals surface area contributed by atoms with Crippen molar-refractivity contribution in [1.29, 1.82) is 0 Å². The van der Waals surface area contributed by atoms with Crippen LogP contribution in [0.25, 0.3) is 10.2 Å². The number of hydrogen-bond donors (Lipinski definition) is 2. The first-order valence-corrected chi connectivity index (χ1v) is 6.62. The fourth-order valence-electron chi connectivity index (χ4n) is 1.68. The molecule has 0 saturated carbocycles. The molecule has 5 nitrogen and oxygen atoms in total. The van der Waals surface area contributed by atoms with Crippen LogP contribution in [0, 0.1) is 5.82 Å². The van der Waals surface area contributed by atoms with Crippen LogP contribution in [0.3, 0.4) is 0 Å². The molecular formula is C13H9FN4OS. The maximum Gasteiger partial charge on any atom is 0.347 e. The zero-order chi connectivity index (χ0) is 13.9. The number of fused-ring (bicyclic) bond motifs is 1. The van der Waals surface area contributed by atoms with Crippen LogP contribution in [-0.2, 0) is 0 Å². The first-order chi connectivity index (χ1) is 9.72. The minimum Gasteiger partial charge on any atom is -0.290 e. The average Bonchev–Trinajstić information content (AvgIpc) is 2.89. The van der Waals surface area contributed by atoms with E-state index in [1.165, 1.54) is 29.7 Å². The highest BCUT2D eigenvalue weighted by Crippen LogP contribution is 2.22. The van der Waals surface area contributed by atoms with Gasteiger partial charge in [0.15, 0.2) is 0 Å². The molecule has 1 aromatic carbocycles. The third kappa shape index (κ3) is 2.57. The summed E-state index contributed by atoms with van der Waals surface area (Å²) in [6, 6.07) is 7.77. The van der Waals surface area contributed by atoms with Crippen molar-refractivity contribution in [3.8, 4) is 0 Å². The second-order valence-electron chi connectivity index (χ2n) is 3.98. The summed E-state index contributed by atoms with van der Waals surface area (Å²) in [6.45, 7) is 0. The molecule has 0 atom stereocenters. The van der Waals surface area contributed by atoms with Gasteiger partial charge in [-0.25, -0.2) is 9.18 Å². The summed E-state index contributed by atoms with van der Waals surface area (Å²) in [5.74, 6) is 0.188. The number of hydrazone groups is 1. The number of rotatable bonds is 3. The Labute approximate surface area is 116 Å². The predicted molar refractivity (Wildman–Crippen MR) is 77.9 cm³/mol. The molecule has 100 valence electrons. The molecule has 0 radical (unpaired) electrons. The van der Waals surface area contributed by atoms with E-state index >= 15 is 0 Å². The predicted octanol–water partition coefficient (Wildman–Crippen LogP) is 2.57. The summed E-state index contributed by atoms with van der Waals surface area (Å²) >= 11 is 1.38. The van der Waals surface area contributed by atoms with Crippen LogP contribution in [0.2, 0.25) is 0 Å². The molecule has 0 amide bonds. The van der Waals surface area contributed by atoms with E-state index < -0.39 is 5.69 Å². The van der Waals surface area contributed by atoms with Crippen molar-refractivity contribution in [1.82, 2.24) is 9.97 Å². The van der Waals surface area contributed by atoms with E-state index in [0.717, 1.165) is 10.9 Å². The van der Waals surface area contributed by atoms with Gasteiger partial charge in [0.25, 0.3) is 0 Å². The Kier molecular flexibility index (Phi) is 3.26. The lowest BCUT2D eigenvalue weighted by Gasteiger charge is -2.01. The van der Waals surface area contributed by atoms with Crippen LogP contribution < -0.4 is 11.1 Å². The monoisotopic (exact) mass is 288 g/mol. The summed E-state index contributed by atoms with van der Waals surface area (Å²) in [7, 11) is 0. The van der Waals surface area contributed by atoms with Crippen molar-refractivity contribution in [3.63, 3.8) is 0 Å². The first kappa shape index (κ1) is 12.5. The van der Waals surface area contributed by atoms with Crippen LogP contribution in [0.15, 0.2) is 45.6 Å². The first-order valence-electron chi connectivity index (χ1n) is 5.74. The summed E-state index contributed by atoms with van der Waals surface area (Å²) in [6.07, 6.45) is 1.54. The van der Waals surface area contributed by atoms with E-state index in [2.05, 4.69) is 20.5 Å². The van der Waals surface area contributed by atoms with Crippen LogP contribution in [0.1, 0.15) is 5.56 Å². The molecule has 3 rings (SSSR count). The van der Waals surface area contributed by atoms with E-state index in [4.69, 9.17) is 0 Å². The fourth-order valence-corrected chi connectivity index (χ4v) is 2.45. The minimum absolute atomic E-state index is 0.298. The second-order valence-corrected chi connectivity index (χ2v) is 4.87. The van der Waals surface area contributed by atoms with Crippen LogP contribution in [-0.4, -0.2) is 16.2 Å². The maximum atomic E-state index is 12.8. The van der Waals surface area contributed by atoms with Crippen molar-refractivity contribution in [2.75, 3.05) is 5.43 Å². The molecule has 0 aliphatic heterocycles. The number of thiophene rings is 1. The summed E-state index contributed by atoms with van der Waals surface area (Å²) < 4.78 is 12.8. The highest BCUT2D eigenvalue weighted by atomic mass is 32.1. The number of aromatic amines is 1. The lowest BCUT2D eigenvalue weighted by atomic mass is 10.2. The van der Waals surface area contributed by atoms with E-state index in [9.17, 15) is 9.18 Å². The van der Waals surface area contributed by atoms with Gasteiger partial charge < -0.3 is 0 Å². The average molecular weight is 288 g/mol. The van der Waals surface area contributed by atoms with E-state index in [1.54, 1.807) is 12.1 Å². The van der Waals surface area contributed by atoms with Crippen molar-refractivity contribution < 1.29 is 4.39 Å². The Morgan fingerprint density at radius 3 is 2.90 bits per heavy atom. The number of H-pyrrole nitrogens is 1. The zero-order valence-electron chi connectivity index (χ0n) is 10.1. The van der Waals surface area contributed by atoms with Gasteiger partial charge in [0.1, 0.15) is 16.5 Å². The molecule has 0 saturated heterocycles. The molecule has 0 bridgehead atoms. The highest BCUT2D eigenvalue weighted by Gasteiger charge is 2.04. The molecule has 7 heteroatoms. The molecular weight excluding hydrogens is 279 g/mol. The fraction of sp³-hybridized carbons (Fsp3) is 0. The molecule has 0 spiro atoms. The third-order valence-corrected chi connectivity index (χ3v) is 3.42. The van der Waals surface area contributed by atoms with Gasteiger partial charge >= 0.3 is 5.69 Å². The normalized spacial score (nSPS) is 11.2. The molecule has 2 heterocycles. The largest absolute Gasteiger partial charge is 0.347 e. The van der Waals surface area contributed by atoms with Gasteiger partial charge in [0.2, 0.25) is 0 Å². The van der Waals surface area contributed by atoms with Gasteiger partial charge in [0.05, 0.1) is 11.6 Å². The number of anilines is 1. The standard InChI is InChI=1S/C13H9FN4OS/c14-9-3-1-8(2-4-9)7-15-18-11-10-5-6-20-12(10)17-13(19)16-11/h1-7H,(H2,16,17,18,19)/b15-7+. The quantitative estimate of drug-likeness (QED) is 0.575. The van der Waals surface area contributed by atoms with Crippen molar-refractivity contribution in [2.24, 2.45) is 5.10 Å². The Morgan fingerprint density at radius 2 is 2.10 bits per heavy atom. The zero-order valence-corrected chi connectivity index (χ0v) is 10.9. The molecule has 0 aliphatic rings. The molecule has 20 heavy (non-hydrogen) atoms. The van der Waals surface area contributed by atoms with Gasteiger partial charge in [-0.3, -0.25) is 10.4 Å². The van der Waals surface area contributed by atoms with Gasteiger partial charge in [0, 0.05) is 0 Å². The lowest BCUT2D eigenvalue weighted by molar-refractivity contribution is 0.628. The molecule has 0 fully saturated rings. The van der Waals surface area contributed by atoms with Crippen molar-refractivity contribution in [3.05, 3.63) is 57.6 Å². The molecule has 0 aliphatic carbocycles. The number of benzene rings is 1. The Bertz CT molecular complexity index is 822. The number of aromatic nitrogens is 2.